The summed E-state index contributed by atoms with van der Waals surface area (Å²) in [5.74, 6) is 1.00. The highest BCUT2D eigenvalue weighted by molar-refractivity contribution is 5.53. The molecule has 1 aromatic carbocycles. The zero-order chi connectivity index (χ0) is 12.1. The summed E-state index contributed by atoms with van der Waals surface area (Å²) in [4.78, 5) is 2.45. The van der Waals surface area contributed by atoms with Crippen molar-refractivity contribution in [3.05, 3.63) is 23.8 Å². The van der Waals surface area contributed by atoms with Crippen LogP contribution in [0.4, 0.5) is 5.69 Å². The number of benzene rings is 1. The number of rotatable bonds is 3. The maximum absolute atomic E-state index is 5.57. The van der Waals surface area contributed by atoms with Crippen LogP contribution >= 0.6 is 0 Å². The smallest absolute Gasteiger partial charge is 0.122 e. The van der Waals surface area contributed by atoms with E-state index in [0.29, 0.717) is 0 Å². The van der Waals surface area contributed by atoms with Gasteiger partial charge in [0.05, 0.1) is 6.61 Å². The van der Waals surface area contributed by atoms with Gasteiger partial charge < -0.3 is 15.0 Å². The summed E-state index contributed by atoms with van der Waals surface area (Å²) in [5.41, 5.74) is 2.54. The van der Waals surface area contributed by atoms with E-state index in [4.69, 9.17) is 4.74 Å². The molecule has 0 unspecified atom stereocenters. The van der Waals surface area contributed by atoms with E-state index in [1.165, 1.54) is 17.7 Å². The number of hydrogen-bond donors (Lipinski definition) is 1. The molecule has 0 radical (unpaired) electrons. The number of nitrogens with one attached hydrogen (secondary N) is 1. The number of aryl methyl sites for hydroxylation is 1. The molecule has 2 rings (SSSR count). The minimum atomic E-state index is 0.730. The Morgan fingerprint density at radius 2 is 2.18 bits per heavy atom. The van der Waals surface area contributed by atoms with Gasteiger partial charge in [0, 0.05) is 25.3 Å². The maximum Gasteiger partial charge on any atom is 0.122 e. The zero-order valence-corrected chi connectivity index (χ0v) is 10.8. The van der Waals surface area contributed by atoms with Crippen LogP contribution in [0.5, 0.6) is 5.75 Å². The number of anilines is 1. The Labute approximate surface area is 104 Å². The van der Waals surface area contributed by atoms with Crippen molar-refractivity contribution in [2.75, 3.05) is 37.7 Å². The van der Waals surface area contributed by atoms with Crippen LogP contribution in [0.25, 0.3) is 0 Å². The lowest BCUT2D eigenvalue weighted by atomic mass is 10.2. The van der Waals surface area contributed by atoms with Gasteiger partial charge in [-0.25, -0.2) is 0 Å². The van der Waals surface area contributed by atoms with Gasteiger partial charge in [-0.1, -0.05) is 0 Å². The second kappa shape index (κ2) is 5.92. The van der Waals surface area contributed by atoms with Crippen LogP contribution < -0.4 is 15.0 Å². The van der Waals surface area contributed by atoms with Gasteiger partial charge in [-0.15, -0.1) is 0 Å². The van der Waals surface area contributed by atoms with E-state index in [0.717, 1.165) is 38.5 Å². The molecule has 0 bridgehead atoms. The standard InChI is InChI=1S/C14H22N2O/c1-3-17-14-6-5-13(11-12(14)2)16-9-4-7-15-8-10-16/h5-6,11,15H,3-4,7-10H2,1-2H3. The number of hydrogen-bond acceptors (Lipinski definition) is 3. The Hall–Kier alpha value is -1.22. The molecule has 0 aliphatic carbocycles. The van der Waals surface area contributed by atoms with Crippen molar-refractivity contribution in [2.24, 2.45) is 0 Å². The molecule has 0 atom stereocenters. The van der Waals surface area contributed by atoms with Gasteiger partial charge in [-0.05, 0) is 50.6 Å². The molecule has 94 valence electrons. The van der Waals surface area contributed by atoms with E-state index in [1.54, 1.807) is 0 Å². The quantitative estimate of drug-likeness (QED) is 0.867. The molecule has 1 N–H and O–H groups in total. The van der Waals surface area contributed by atoms with Crippen molar-refractivity contribution in [2.45, 2.75) is 20.3 Å². The van der Waals surface area contributed by atoms with Gasteiger partial charge in [0.25, 0.3) is 0 Å². The van der Waals surface area contributed by atoms with Crippen LogP contribution in [0.2, 0.25) is 0 Å². The molecule has 1 fully saturated rings. The van der Waals surface area contributed by atoms with Crippen LogP contribution in [-0.4, -0.2) is 32.8 Å². The molecule has 1 heterocycles. The summed E-state index contributed by atoms with van der Waals surface area (Å²) in [5, 5.41) is 3.43. The van der Waals surface area contributed by atoms with Crippen molar-refractivity contribution in [3.63, 3.8) is 0 Å². The normalized spacial score (nSPS) is 16.7. The largest absolute Gasteiger partial charge is 0.494 e. The number of ether oxygens (including phenoxy) is 1. The van der Waals surface area contributed by atoms with E-state index in [9.17, 15) is 0 Å². The fourth-order valence-electron chi connectivity index (χ4n) is 2.25. The lowest BCUT2D eigenvalue weighted by molar-refractivity contribution is 0.338. The SMILES string of the molecule is CCOc1ccc(N2CCCNCC2)cc1C. The highest BCUT2D eigenvalue weighted by Gasteiger charge is 2.10. The van der Waals surface area contributed by atoms with E-state index in [2.05, 4.69) is 35.3 Å². The first-order valence-electron chi connectivity index (χ1n) is 6.50. The van der Waals surface area contributed by atoms with E-state index in [-0.39, 0.29) is 0 Å². The first kappa shape index (κ1) is 12.2. The Morgan fingerprint density at radius 1 is 1.29 bits per heavy atom. The van der Waals surface area contributed by atoms with Crippen LogP contribution in [0.1, 0.15) is 18.9 Å². The summed E-state index contributed by atoms with van der Waals surface area (Å²) in [7, 11) is 0. The fourth-order valence-corrected chi connectivity index (χ4v) is 2.25. The molecule has 1 saturated heterocycles. The predicted octanol–water partition coefficient (Wildman–Crippen LogP) is 2.19. The summed E-state index contributed by atoms with van der Waals surface area (Å²) < 4.78 is 5.57. The van der Waals surface area contributed by atoms with Crippen molar-refractivity contribution >= 4 is 5.69 Å². The maximum atomic E-state index is 5.57. The van der Waals surface area contributed by atoms with E-state index in [1.807, 2.05) is 6.92 Å². The first-order chi connectivity index (χ1) is 8.31. The Balaban J connectivity index is 2.12. The van der Waals surface area contributed by atoms with Crippen molar-refractivity contribution < 1.29 is 4.74 Å². The van der Waals surface area contributed by atoms with Gasteiger partial charge >= 0.3 is 0 Å². The molecule has 1 aromatic rings. The predicted molar refractivity (Wildman–Crippen MR) is 72.0 cm³/mol. The third kappa shape index (κ3) is 3.13. The minimum absolute atomic E-state index is 0.730. The minimum Gasteiger partial charge on any atom is -0.494 e. The van der Waals surface area contributed by atoms with Crippen LogP contribution in [0.15, 0.2) is 18.2 Å². The highest BCUT2D eigenvalue weighted by Crippen LogP contribution is 2.24. The molecular weight excluding hydrogens is 212 g/mol. The molecule has 0 saturated carbocycles. The average molecular weight is 234 g/mol. The second-order valence-corrected chi connectivity index (χ2v) is 4.47. The van der Waals surface area contributed by atoms with Crippen molar-refractivity contribution in [1.82, 2.24) is 5.32 Å². The average Bonchev–Trinajstić information content (AvgIpc) is 2.60. The molecule has 0 aromatic heterocycles. The Bertz CT molecular complexity index is 357. The summed E-state index contributed by atoms with van der Waals surface area (Å²) >= 11 is 0. The van der Waals surface area contributed by atoms with Gasteiger partial charge in [0.2, 0.25) is 0 Å². The van der Waals surface area contributed by atoms with Crippen LogP contribution in [0, 0.1) is 6.92 Å². The third-order valence-electron chi connectivity index (χ3n) is 3.16. The second-order valence-electron chi connectivity index (χ2n) is 4.47. The third-order valence-corrected chi connectivity index (χ3v) is 3.16. The zero-order valence-electron chi connectivity index (χ0n) is 10.8. The molecule has 0 amide bonds. The topological polar surface area (TPSA) is 24.5 Å². The van der Waals surface area contributed by atoms with Gasteiger partial charge in [0.1, 0.15) is 5.75 Å². The van der Waals surface area contributed by atoms with Gasteiger partial charge in [-0.3, -0.25) is 0 Å². The van der Waals surface area contributed by atoms with Gasteiger partial charge in [0.15, 0.2) is 0 Å². The highest BCUT2D eigenvalue weighted by atomic mass is 16.5. The molecule has 1 aliphatic heterocycles. The lowest BCUT2D eigenvalue weighted by Gasteiger charge is -2.23. The van der Waals surface area contributed by atoms with E-state index >= 15 is 0 Å². The molecule has 17 heavy (non-hydrogen) atoms. The molecular formula is C14H22N2O. The fraction of sp³-hybridized carbons (Fsp3) is 0.571. The molecule has 0 spiro atoms. The van der Waals surface area contributed by atoms with E-state index < -0.39 is 0 Å². The molecule has 3 nitrogen and oxygen atoms in total. The first-order valence-corrected chi connectivity index (χ1v) is 6.50. The Morgan fingerprint density at radius 3 is 2.94 bits per heavy atom. The molecule has 3 heteroatoms. The van der Waals surface area contributed by atoms with Crippen LogP contribution in [0.3, 0.4) is 0 Å². The lowest BCUT2D eigenvalue weighted by Crippen LogP contribution is -2.27. The van der Waals surface area contributed by atoms with Crippen molar-refractivity contribution in [3.8, 4) is 5.75 Å². The summed E-state index contributed by atoms with van der Waals surface area (Å²) in [6, 6.07) is 6.49. The molecule has 1 aliphatic rings. The van der Waals surface area contributed by atoms with Crippen LogP contribution in [-0.2, 0) is 0 Å². The monoisotopic (exact) mass is 234 g/mol. The Kier molecular flexibility index (Phi) is 4.26. The summed E-state index contributed by atoms with van der Waals surface area (Å²) in [6.45, 7) is 9.30. The van der Waals surface area contributed by atoms with Gasteiger partial charge in [-0.2, -0.15) is 0 Å². The number of nitrogens with zero attached hydrogens (tertiary/aromatic N) is 1. The summed E-state index contributed by atoms with van der Waals surface area (Å²) in [6.07, 6.45) is 1.21. The van der Waals surface area contributed by atoms with Crippen molar-refractivity contribution in [1.29, 1.82) is 0 Å².